The van der Waals surface area contributed by atoms with Crippen LogP contribution in [0.4, 0.5) is 11.4 Å². The predicted octanol–water partition coefficient (Wildman–Crippen LogP) is 3.99. The van der Waals surface area contributed by atoms with E-state index in [4.69, 9.17) is 16.3 Å². The molecule has 2 aromatic carbocycles. The monoisotopic (exact) mass is 387 g/mol. The molecule has 2 aliphatic heterocycles. The van der Waals surface area contributed by atoms with Crippen molar-refractivity contribution in [2.75, 3.05) is 18.5 Å². The fraction of sp³-hybridized carbons (Fsp3) is 0.316. The van der Waals surface area contributed by atoms with Crippen molar-refractivity contribution in [1.82, 2.24) is 4.90 Å². The lowest BCUT2D eigenvalue weighted by molar-refractivity contribution is -0.384. The largest absolute Gasteiger partial charge is 0.376 e. The van der Waals surface area contributed by atoms with Gasteiger partial charge in [0.15, 0.2) is 0 Å². The molecule has 140 valence electrons. The number of amides is 1. The molecule has 27 heavy (non-hydrogen) atoms. The molecule has 2 heterocycles. The van der Waals surface area contributed by atoms with Gasteiger partial charge in [-0.15, -0.1) is 0 Å². The van der Waals surface area contributed by atoms with Crippen LogP contribution >= 0.6 is 11.6 Å². The molecule has 0 radical (unpaired) electrons. The van der Waals surface area contributed by atoms with Crippen molar-refractivity contribution in [3.63, 3.8) is 0 Å². The Morgan fingerprint density at radius 1 is 1.30 bits per heavy atom. The van der Waals surface area contributed by atoms with Gasteiger partial charge in [0.2, 0.25) is 0 Å². The Balaban J connectivity index is 1.74. The number of fused-ring (bicyclic) bond motifs is 1. The third kappa shape index (κ3) is 3.36. The maximum atomic E-state index is 13.1. The number of hydrogen-bond donors (Lipinski definition) is 1. The third-order valence-corrected chi connectivity index (χ3v) is 5.25. The van der Waals surface area contributed by atoms with E-state index in [0.717, 1.165) is 12.8 Å². The molecule has 0 saturated carbocycles. The van der Waals surface area contributed by atoms with Gasteiger partial charge >= 0.3 is 0 Å². The van der Waals surface area contributed by atoms with Gasteiger partial charge in [0.25, 0.3) is 11.6 Å². The molecule has 0 spiro atoms. The molecule has 4 rings (SSSR count). The minimum Gasteiger partial charge on any atom is -0.376 e. The zero-order valence-electron chi connectivity index (χ0n) is 14.4. The van der Waals surface area contributed by atoms with E-state index in [-0.39, 0.29) is 22.7 Å². The summed E-state index contributed by atoms with van der Waals surface area (Å²) >= 11 is 5.95. The minimum atomic E-state index is -0.535. The van der Waals surface area contributed by atoms with Crippen molar-refractivity contribution in [3.8, 4) is 0 Å². The molecular formula is C19H18ClN3O4. The summed E-state index contributed by atoms with van der Waals surface area (Å²) < 4.78 is 5.71. The summed E-state index contributed by atoms with van der Waals surface area (Å²) in [5.41, 5.74) is 1.70. The second-order valence-electron chi connectivity index (χ2n) is 6.65. The first kappa shape index (κ1) is 17.8. The molecule has 0 aliphatic carbocycles. The number of carbonyl (C=O) groups excluding carboxylic acids is 1. The summed E-state index contributed by atoms with van der Waals surface area (Å²) in [6, 6.07) is 11.9. The van der Waals surface area contributed by atoms with Crippen LogP contribution in [0.3, 0.4) is 0 Å². The van der Waals surface area contributed by atoms with Crippen LogP contribution in [0.15, 0.2) is 42.5 Å². The van der Waals surface area contributed by atoms with E-state index in [2.05, 4.69) is 5.32 Å². The SMILES string of the molecule is O=C1c2ccccc2N[C@H](c2ccc(Cl)c([N+](=O)[O-])c2)N1C[C@H]1CCCO1. The highest BCUT2D eigenvalue weighted by Crippen LogP contribution is 2.36. The van der Waals surface area contributed by atoms with Gasteiger partial charge in [-0.25, -0.2) is 0 Å². The van der Waals surface area contributed by atoms with Crippen molar-refractivity contribution in [1.29, 1.82) is 0 Å². The van der Waals surface area contributed by atoms with Crippen LogP contribution in [-0.2, 0) is 4.74 Å². The van der Waals surface area contributed by atoms with E-state index in [1.54, 1.807) is 17.0 Å². The average Bonchev–Trinajstić information content (AvgIpc) is 3.17. The van der Waals surface area contributed by atoms with E-state index in [9.17, 15) is 14.9 Å². The van der Waals surface area contributed by atoms with E-state index in [1.165, 1.54) is 12.1 Å². The summed E-state index contributed by atoms with van der Waals surface area (Å²) in [5, 5.41) is 14.7. The second kappa shape index (κ2) is 7.17. The smallest absolute Gasteiger partial charge is 0.288 e. The normalized spacial score (nSPS) is 21.7. The number of rotatable bonds is 4. The van der Waals surface area contributed by atoms with Crippen molar-refractivity contribution in [2.45, 2.75) is 25.1 Å². The number of hydrogen-bond acceptors (Lipinski definition) is 5. The summed E-state index contributed by atoms with van der Waals surface area (Å²) in [6.45, 7) is 1.11. The van der Waals surface area contributed by atoms with Gasteiger partial charge in [-0.1, -0.05) is 29.8 Å². The van der Waals surface area contributed by atoms with E-state index in [0.29, 0.717) is 30.0 Å². The minimum absolute atomic E-state index is 0.0363. The Bertz CT molecular complexity index is 898. The second-order valence-corrected chi connectivity index (χ2v) is 7.06. The maximum absolute atomic E-state index is 13.1. The number of anilines is 1. The number of halogens is 1. The molecule has 1 amide bonds. The maximum Gasteiger partial charge on any atom is 0.288 e. The highest BCUT2D eigenvalue weighted by molar-refractivity contribution is 6.32. The van der Waals surface area contributed by atoms with Crippen LogP contribution in [0.2, 0.25) is 5.02 Å². The van der Waals surface area contributed by atoms with Crippen LogP contribution in [0.5, 0.6) is 0 Å². The van der Waals surface area contributed by atoms with Gasteiger partial charge < -0.3 is 15.0 Å². The first-order valence-corrected chi connectivity index (χ1v) is 9.14. The fourth-order valence-corrected chi connectivity index (χ4v) is 3.78. The average molecular weight is 388 g/mol. The number of benzene rings is 2. The molecule has 7 nitrogen and oxygen atoms in total. The summed E-state index contributed by atoms with van der Waals surface area (Å²) in [7, 11) is 0. The zero-order valence-corrected chi connectivity index (χ0v) is 15.2. The molecule has 0 aromatic heterocycles. The molecule has 8 heteroatoms. The quantitative estimate of drug-likeness (QED) is 0.633. The number of para-hydroxylation sites is 1. The van der Waals surface area contributed by atoms with Crippen LogP contribution in [0, 0.1) is 10.1 Å². The molecule has 2 aliphatic rings. The van der Waals surface area contributed by atoms with Crippen LogP contribution < -0.4 is 5.32 Å². The molecule has 1 fully saturated rings. The number of nitrogens with one attached hydrogen (secondary N) is 1. The van der Waals surface area contributed by atoms with Crippen molar-refractivity contribution in [2.24, 2.45) is 0 Å². The molecule has 1 N–H and O–H groups in total. The summed E-state index contributed by atoms with van der Waals surface area (Å²) in [4.78, 5) is 25.6. The predicted molar refractivity (Wildman–Crippen MR) is 101 cm³/mol. The fourth-order valence-electron chi connectivity index (χ4n) is 3.59. The van der Waals surface area contributed by atoms with Gasteiger partial charge in [0, 0.05) is 30.5 Å². The first-order chi connectivity index (χ1) is 13.0. The Labute approximate surface area is 161 Å². The van der Waals surface area contributed by atoms with Crippen LogP contribution in [0.25, 0.3) is 0 Å². The molecule has 1 saturated heterocycles. The van der Waals surface area contributed by atoms with E-state index in [1.807, 2.05) is 18.2 Å². The Morgan fingerprint density at radius 2 is 2.11 bits per heavy atom. The van der Waals surface area contributed by atoms with Gasteiger partial charge in [-0.3, -0.25) is 14.9 Å². The van der Waals surface area contributed by atoms with E-state index < -0.39 is 11.1 Å². The Hall–Kier alpha value is -2.64. The van der Waals surface area contributed by atoms with Crippen LogP contribution in [-0.4, -0.2) is 35.0 Å². The highest BCUT2D eigenvalue weighted by atomic mass is 35.5. The molecule has 2 atom stereocenters. The van der Waals surface area contributed by atoms with Gasteiger partial charge in [0.1, 0.15) is 11.2 Å². The lowest BCUT2D eigenvalue weighted by atomic mass is 10.0. The topological polar surface area (TPSA) is 84.7 Å². The van der Waals surface area contributed by atoms with Crippen LogP contribution in [0.1, 0.15) is 34.9 Å². The molecule has 2 aromatic rings. The van der Waals surface area contributed by atoms with Gasteiger partial charge in [-0.05, 0) is 31.0 Å². The van der Waals surface area contributed by atoms with Crippen molar-refractivity contribution in [3.05, 3.63) is 68.7 Å². The zero-order chi connectivity index (χ0) is 19.0. The number of nitro benzene ring substituents is 1. The molecule has 0 bridgehead atoms. The Kier molecular flexibility index (Phi) is 4.72. The highest BCUT2D eigenvalue weighted by Gasteiger charge is 2.35. The number of nitrogens with zero attached hydrogens (tertiary/aromatic N) is 2. The first-order valence-electron chi connectivity index (χ1n) is 8.76. The number of carbonyl (C=O) groups is 1. The van der Waals surface area contributed by atoms with Gasteiger partial charge in [0.05, 0.1) is 16.6 Å². The third-order valence-electron chi connectivity index (χ3n) is 4.93. The molecule has 0 unspecified atom stereocenters. The van der Waals surface area contributed by atoms with Crippen molar-refractivity contribution < 1.29 is 14.5 Å². The standard InChI is InChI=1S/C19H18ClN3O4/c20-15-8-7-12(10-17(15)23(25)26)18-21-16-6-2-1-5-14(16)19(24)22(18)11-13-4-3-9-27-13/h1-2,5-8,10,13,18,21H,3-4,9,11H2/t13-,18+/m1/s1. The molecular weight excluding hydrogens is 370 g/mol. The number of nitro groups is 1. The summed E-state index contributed by atoms with van der Waals surface area (Å²) in [6.07, 6.45) is 1.28. The Morgan fingerprint density at radius 3 is 2.85 bits per heavy atom. The lowest BCUT2D eigenvalue weighted by Gasteiger charge is -2.39. The van der Waals surface area contributed by atoms with Gasteiger partial charge in [-0.2, -0.15) is 0 Å². The van der Waals surface area contributed by atoms with E-state index >= 15 is 0 Å². The van der Waals surface area contributed by atoms with Crippen molar-refractivity contribution >= 4 is 28.9 Å². The number of ether oxygens (including phenoxy) is 1. The summed E-state index contributed by atoms with van der Waals surface area (Å²) in [5.74, 6) is -0.123. The lowest BCUT2D eigenvalue weighted by Crippen LogP contribution is -2.46.